The van der Waals surface area contributed by atoms with Gasteiger partial charge in [-0.3, -0.25) is 9.36 Å². The summed E-state index contributed by atoms with van der Waals surface area (Å²) in [6.45, 7) is 7.66. The quantitative estimate of drug-likeness (QED) is 0.612. The Kier molecular flexibility index (Phi) is 5.27. The Labute approximate surface area is 170 Å². The molecule has 1 atom stereocenters. The largest absolute Gasteiger partial charge is 0.337 e. The van der Waals surface area contributed by atoms with Crippen LogP contribution in [0.1, 0.15) is 29.2 Å². The lowest BCUT2D eigenvalue weighted by Gasteiger charge is -2.30. The molecule has 1 amide bonds. The highest BCUT2D eigenvalue weighted by Crippen LogP contribution is 2.28. The Morgan fingerprint density at radius 3 is 2.57 bits per heavy atom. The van der Waals surface area contributed by atoms with Crippen molar-refractivity contribution >= 4 is 17.7 Å². The molecular weight excluding hydrogens is 366 g/mol. The van der Waals surface area contributed by atoms with Gasteiger partial charge in [0, 0.05) is 31.2 Å². The molecule has 1 unspecified atom stereocenters. The van der Waals surface area contributed by atoms with Crippen molar-refractivity contribution in [1.29, 1.82) is 0 Å². The number of imidazole rings is 1. The zero-order valence-corrected chi connectivity index (χ0v) is 17.4. The second-order valence-corrected chi connectivity index (χ2v) is 8.77. The number of thioether (sulfide) groups is 1. The van der Waals surface area contributed by atoms with Crippen LogP contribution in [-0.4, -0.2) is 32.2 Å². The van der Waals surface area contributed by atoms with Gasteiger partial charge in [0.2, 0.25) is 5.91 Å². The molecule has 2 aromatic carbocycles. The minimum absolute atomic E-state index is 0.175. The smallest absolute Gasteiger partial charge is 0.236 e. The summed E-state index contributed by atoms with van der Waals surface area (Å²) in [5.74, 6) is 0.175. The van der Waals surface area contributed by atoms with Gasteiger partial charge in [-0.1, -0.05) is 42.1 Å². The van der Waals surface area contributed by atoms with Crippen LogP contribution in [0.15, 0.2) is 60.0 Å². The monoisotopic (exact) mass is 391 g/mol. The van der Waals surface area contributed by atoms with Gasteiger partial charge in [0.25, 0.3) is 0 Å². The van der Waals surface area contributed by atoms with Gasteiger partial charge in [-0.2, -0.15) is 0 Å². The van der Waals surface area contributed by atoms with Crippen LogP contribution in [0.5, 0.6) is 0 Å². The first-order chi connectivity index (χ1) is 13.5. The third-order valence-corrected chi connectivity index (χ3v) is 6.23. The predicted molar refractivity (Wildman–Crippen MR) is 114 cm³/mol. The number of hydrogen-bond donors (Lipinski definition) is 0. The SMILES string of the molecule is Cc1cc(C)cc(-n2ccnc2SC(C)C(=O)N2CCc3ccccc3C2)c1. The summed E-state index contributed by atoms with van der Waals surface area (Å²) >= 11 is 1.53. The molecule has 0 radical (unpaired) electrons. The maximum atomic E-state index is 13.1. The van der Waals surface area contributed by atoms with Crippen LogP contribution >= 0.6 is 11.8 Å². The van der Waals surface area contributed by atoms with Crippen molar-refractivity contribution in [3.63, 3.8) is 0 Å². The van der Waals surface area contributed by atoms with Gasteiger partial charge in [-0.15, -0.1) is 0 Å². The molecule has 0 aliphatic carbocycles. The van der Waals surface area contributed by atoms with Crippen molar-refractivity contribution in [1.82, 2.24) is 14.5 Å². The fourth-order valence-corrected chi connectivity index (χ4v) is 4.78. The molecule has 3 aromatic rings. The van der Waals surface area contributed by atoms with E-state index in [0.717, 1.165) is 23.8 Å². The van der Waals surface area contributed by atoms with E-state index in [9.17, 15) is 4.79 Å². The Bertz CT molecular complexity index is 990. The van der Waals surface area contributed by atoms with Gasteiger partial charge < -0.3 is 4.90 Å². The normalized spacial score (nSPS) is 14.6. The Hall–Kier alpha value is -2.53. The van der Waals surface area contributed by atoms with Crippen molar-refractivity contribution in [2.24, 2.45) is 0 Å². The van der Waals surface area contributed by atoms with Crippen LogP contribution in [0, 0.1) is 13.8 Å². The van der Waals surface area contributed by atoms with E-state index in [2.05, 4.69) is 59.8 Å². The molecule has 0 N–H and O–H groups in total. The van der Waals surface area contributed by atoms with Crippen LogP contribution in [0.25, 0.3) is 5.69 Å². The van der Waals surface area contributed by atoms with Crippen molar-refractivity contribution in [3.05, 3.63) is 77.1 Å². The molecule has 1 aromatic heterocycles. The molecule has 144 valence electrons. The summed E-state index contributed by atoms with van der Waals surface area (Å²) < 4.78 is 2.07. The first kappa shape index (κ1) is 18.8. The topological polar surface area (TPSA) is 38.1 Å². The minimum Gasteiger partial charge on any atom is -0.337 e. The molecule has 4 nitrogen and oxygen atoms in total. The van der Waals surface area contributed by atoms with E-state index < -0.39 is 0 Å². The Balaban J connectivity index is 1.50. The van der Waals surface area contributed by atoms with E-state index in [-0.39, 0.29) is 11.2 Å². The van der Waals surface area contributed by atoms with E-state index in [0.29, 0.717) is 6.54 Å². The van der Waals surface area contributed by atoms with Gasteiger partial charge in [-0.25, -0.2) is 4.98 Å². The fourth-order valence-electron chi connectivity index (χ4n) is 3.81. The van der Waals surface area contributed by atoms with Gasteiger partial charge in [0.1, 0.15) is 0 Å². The van der Waals surface area contributed by atoms with E-state index in [1.54, 1.807) is 6.20 Å². The van der Waals surface area contributed by atoms with Gasteiger partial charge in [0.05, 0.1) is 5.25 Å². The highest BCUT2D eigenvalue weighted by Gasteiger charge is 2.26. The van der Waals surface area contributed by atoms with Crippen LogP contribution in [0.3, 0.4) is 0 Å². The van der Waals surface area contributed by atoms with Gasteiger partial charge in [0.15, 0.2) is 5.16 Å². The molecule has 28 heavy (non-hydrogen) atoms. The van der Waals surface area contributed by atoms with Crippen LogP contribution in [0.4, 0.5) is 0 Å². The molecule has 2 heterocycles. The summed E-state index contributed by atoms with van der Waals surface area (Å²) in [6.07, 6.45) is 4.69. The summed E-state index contributed by atoms with van der Waals surface area (Å²) in [4.78, 5) is 19.5. The van der Waals surface area contributed by atoms with Crippen LogP contribution in [0.2, 0.25) is 0 Å². The second kappa shape index (κ2) is 7.84. The van der Waals surface area contributed by atoms with E-state index in [4.69, 9.17) is 0 Å². The Morgan fingerprint density at radius 1 is 1.11 bits per heavy atom. The number of fused-ring (bicyclic) bond motifs is 1. The third-order valence-electron chi connectivity index (χ3n) is 5.16. The predicted octanol–water partition coefficient (Wildman–Crippen LogP) is 4.55. The number of aryl methyl sites for hydroxylation is 2. The maximum Gasteiger partial charge on any atom is 0.236 e. The molecule has 0 saturated heterocycles. The third kappa shape index (κ3) is 3.85. The first-order valence-electron chi connectivity index (χ1n) is 9.65. The lowest BCUT2D eigenvalue weighted by molar-refractivity contribution is -0.131. The fraction of sp³-hybridized carbons (Fsp3) is 0.304. The number of rotatable bonds is 4. The molecule has 0 bridgehead atoms. The van der Waals surface area contributed by atoms with E-state index in [1.807, 2.05) is 24.1 Å². The molecule has 0 saturated carbocycles. The van der Waals surface area contributed by atoms with Gasteiger partial charge >= 0.3 is 0 Å². The average molecular weight is 392 g/mol. The lowest BCUT2D eigenvalue weighted by Crippen LogP contribution is -2.40. The Morgan fingerprint density at radius 2 is 1.82 bits per heavy atom. The van der Waals surface area contributed by atoms with Crippen LogP contribution in [-0.2, 0) is 17.8 Å². The second-order valence-electron chi connectivity index (χ2n) is 7.46. The molecule has 4 rings (SSSR count). The maximum absolute atomic E-state index is 13.1. The van der Waals surface area contributed by atoms with Crippen LogP contribution < -0.4 is 0 Å². The molecule has 0 spiro atoms. The highest BCUT2D eigenvalue weighted by atomic mass is 32.2. The van der Waals surface area contributed by atoms with Crippen molar-refractivity contribution in [2.75, 3.05) is 6.54 Å². The molecular formula is C23H25N3OS. The summed E-state index contributed by atoms with van der Waals surface area (Å²) in [5, 5.41) is 0.667. The number of carbonyl (C=O) groups is 1. The van der Waals surface area contributed by atoms with Gasteiger partial charge in [-0.05, 0) is 61.6 Å². The number of nitrogens with zero attached hydrogens (tertiary/aromatic N) is 3. The first-order valence-corrected chi connectivity index (χ1v) is 10.5. The summed E-state index contributed by atoms with van der Waals surface area (Å²) in [6, 6.07) is 14.9. The molecule has 1 aliphatic rings. The lowest BCUT2D eigenvalue weighted by atomic mass is 10.00. The summed E-state index contributed by atoms with van der Waals surface area (Å²) in [5.41, 5.74) is 6.14. The van der Waals surface area contributed by atoms with Crippen molar-refractivity contribution in [3.8, 4) is 5.69 Å². The zero-order valence-electron chi connectivity index (χ0n) is 16.6. The number of aromatic nitrogens is 2. The van der Waals surface area contributed by atoms with E-state index >= 15 is 0 Å². The standard InChI is InChI=1S/C23H25N3OS/c1-16-12-17(2)14-21(13-16)26-11-9-24-23(26)28-18(3)22(27)25-10-8-19-6-4-5-7-20(19)15-25/h4-7,9,11-14,18H,8,10,15H2,1-3H3. The summed E-state index contributed by atoms with van der Waals surface area (Å²) in [7, 11) is 0. The van der Waals surface area contributed by atoms with Crippen molar-refractivity contribution in [2.45, 2.75) is 44.1 Å². The number of carbonyl (C=O) groups excluding carboxylic acids is 1. The number of benzene rings is 2. The number of amides is 1. The minimum atomic E-state index is -0.183. The average Bonchev–Trinajstić information content (AvgIpc) is 3.14. The molecule has 0 fully saturated rings. The highest BCUT2D eigenvalue weighted by molar-refractivity contribution is 8.00. The molecule has 5 heteroatoms. The van der Waals surface area contributed by atoms with Crippen molar-refractivity contribution < 1.29 is 4.79 Å². The zero-order chi connectivity index (χ0) is 19.7. The number of hydrogen-bond acceptors (Lipinski definition) is 3. The van der Waals surface area contributed by atoms with E-state index in [1.165, 1.54) is 34.0 Å². The molecule has 1 aliphatic heterocycles.